The van der Waals surface area contributed by atoms with Crippen LogP contribution in [0, 0.1) is 4.78 Å². The Labute approximate surface area is 229 Å². The van der Waals surface area contributed by atoms with E-state index in [1.165, 1.54) is 34.6 Å². The highest BCUT2D eigenvalue weighted by atomic mass is 32.3. The molecule has 0 saturated heterocycles. The van der Waals surface area contributed by atoms with Gasteiger partial charge in [-0.25, -0.2) is 27.9 Å². The molecule has 10 nitrogen and oxygen atoms in total. The van der Waals surface area contributed by atoms with E-state index in [0.29, 0.717) is 53.7 Å². The number of aryl methyl sites for hydroxylation is 1. The number of fused-ring (bicyclic) bond motifs is 1. The number of rotatable bonds is 5. The SMILES string of the molecule is CC(C)(O)C1SC(S(=N)(=O)N(C(=O)O)C(C)(C)C)=CN1C(=O)Nc1c2c(nc(C(F)(F)F)c1C1CC1)CCC2. The molecule has 1 aromatic rings. The van der Waals surface area contributed by atoms with Crippen molar-refractivity contribution in [2.75, 3.05) is 5.32 Å². The summed E-state index contributed by atoms with van der Waals surface area (Å²) in [7, 11) is -4.17. The van der Waals surface area contributed by atoms with Gasteiger partial charge in [0, 0.05) is 17.5 Å². The number of hydrogen-bond acceptors (Lipinski definition) is 7. The van der Waals surface area contributed by atoms with Crippen LogP contribution in [0.1, 0.15) is 82.3 Å². The number of alkyl halides is 3. The number of carboxylic acid groups (broad SMARTS) is 1. The van der Waals surface area contributed by atoms with Gasteiger partial charge in [-0.15, -0.1) is 0 Å². The number of nitrogens with one attached hydrogen (secondary N) is 2. The Bertz CT molecular complexity index is 1350. The number of carbonyl (C=O) groups excluding carboxylic acids is 1. The van der Waals surface area contributed by atoms with E-state index in [1.807, 2.05) is 0 Å². The predicted molar refractivity (Wildman–Crippen MR) is 140 cm³/mol. The van der Waals surface area contributed by atoms with E-state index in [1.54, 1.807) is 0 Å². The van der Waals surface area contributed by atoms with E-state index >= 15 is 0 Å². The first-order valence-electron chi connectivity index (χ1n) is 12.4. The fourth-order valence-corrected chi connectivity index (χ4v) is 8.33. The number of carbonyl (C=O) groups is 2. The topological polar surface area (TPSA) is 147 Å². The van der Waals surface area contributed by atoms with Gasteiger partial charge in [0.2, 0.25) is 0 Å². The minimum atomic E-state index is -4.72. The third-order valence-electron chi connectivity index (χ3n) is 6.62. The summed E-state index contributed by atoms with van der Waals surface area (Å²) in [6, 6.07) is -0.896. The summed E-state index contributed by atoms with van der Waals surface area (Å²) in [6.45, 7) is 7.17. The lowest BCUT2D eigenvalue weighted by Crippen LogP contribution is -2.48. The van der Waals surface area contributed by atoms with Crippen LogP contribution in [-0.4, -0.2) is 57.2 Å². The monoisotopic (exact) mass is 591 g/mol. The first-order valence-corrected chi connectivity index (χ1v) is 14.8. The van der Waals surface area contributed by atoms with Crippen LogP contribution >= 0.6 is 11.8 Å². The molecule has 2 atom stereocenters. The van der Waals surface area contributed by atoms with Gasteiger partial charge in [-0.3, -0.25) is 4.90 Å². The molecule has 3 aliphatic rings. The molecule has 4 N–H and O–H groups in total. The van der Waals surface area contributed by atoms with E-state index in [0.717, 1.165) is 11.1 Å². The van der Waals surface area contributed by atoms with Crippen molar-refractivity contribution in [2.45, 2.75) is 95.3 Å². The van der Waals surface area contributed by atoms with E-state index in [-0.39, 0.29) is 21.2 Å². The van der Waals surface area contributed by atoms with Crippen molar-refractivity contribution >= 4 is 39.5 Å². The number of aliphatic hydroxyl groups is 1. The van der Waals surface area contributed by atoms with E-state index in [2.05, 4.69) is 10.3 Å². The van der Waals surface area contributed by atoms with E-state index in [4.69, 9.17) is 4.78 Å². The summed E-state index contributed by atoms with van der Waals surface area (Å²) < 4.78 is 64.4. The van der Waals surface area contributed by atoms with Crippen LogP contribution in [0.4, 0.5) is 28.4 Å². The summed E-state index contributed by atoms with van der Waals surface area (Å²) >= 11 is 0.705. The first kappa shape index (κ1) is 29.5. The third kappa shape index (κ3) is 5.57. The minimum Gasteiger partial charge on any atom is -0.464 e. The van der Waals surface area contributed by atoms with Gasteiger partial charge in [0.25, 0.3) is 0 Å². The van der Waals surface area contributed by atoms with Crippen LogP contribution in [0.25, 0.3) is 0 Å². The molecule has 2 heterocycles. The van der Waals surface area contributed by atoms with Gasteiger partial charge in [-0.1, -0.05) is 11.8 Å². The van der Waals surface area contributed by atoms with Crippen LogP contribution in [0.2, 0.25) is 0 Å². The number of hydrogen-bond donors (Lipinski definition) is 4. The average Bonchev–Trinajstić information content (AvgIpc) is 3.27. The van der Waals surface area contributed by atoms with Crippen molar-refractivity contribution < 1.29 is 37.2 Å². The Morgan fingerprint density at radius 3 is 2.31 bits per heavy atom. The highest BCUT2D eigenvalue weighted by molar-refractivity contribution is 8.19. The molecule has 1 aliphatic heterocycles. The molecule has 15 heteroatoms. The molecule has 0 aromatic carbocycles. The molecule has 2 aliphatic carbocycles. The number of thioether (sulfide) groups is 1. The summed E-state index contributed by atoms with van der Waals surface area (Å²) in [4.78, 5) is 30.5. The zero-order valence-electron chi connectivity index (χ0n) is 22.2. The molecule has 216 valence electrons. The smallest absolute Gasteiger partial charge is 0.433 e. The van der Waals surface area contributed by atoms with Crippen LogP contribution in [0.5, 0.6) is 0 Å². The Morgan fingerprint density at radius 1 is 1.21 bits per heavy atom. The van der Waals surface area contributed by atoms with Crippen molar-refractivity contribution in [3.05, 3.63) is 33.0 Å². The summed E-state index contributed by atoms with van der Waals surface area (Å²) in [6.07, 6.45) is -2.84. The first-order chi connectivity index (χ1) is 17.7. The Balaban J connectivity index is 1.79. The fraction of sp³-hybridized carbons (Fsp3) is 0.625. The maximum Gasteiger partial charge on any atom is 0.433 e. The van der Waals surface area contributed by atoms with Gasteiger partial charge in [-0.2, -0.15) is 13.2 Å². The van der Waals surface area contributed by atoms with Crippen LogP contribution in [-0.2, 0) is 28.9 Å². The van der Waals surface area contributed by atoms with Crippen molar-refractivity contribution in [2.24, 2.45) is 0 Å². The van der Waals surface area contributed by atoms with Gasteiger partial charge in [-0.05, 0) is 78.2 Å². The van der Waals surface area contributed by atoms with E-state index in [9.17, 15) is 37.2 Å². The maximum absolute atomic E-state index is 14.0. The molecule has 0 radical (unpaired) electrons. The van der Waals surface area contributed by atoms with Crippen molar-refractivity contribution in [1.82, 2.24) is 14.2 Å². The molecule has 39 heavy (non-hydrogen) atoms. The molecular weight excluding hydrogens is 559 g/mol. The van der Waals surface area contributed by atoms with Crippen molar-refractivity contribution in [1.29, 1.82) is 4.78 Å². The highest BCUT2D eigenvalue weighted by Crippen LogP contribution is 2.51. The van der Waals surface area contributed by atoms with Gasteiger partial charge >= 0.3 is 18.3 Å². The Kier molecular flexibility index (Phi) is 7.21. The van der Waals surface area contributed by atoms with Gasteiger partial charge in [0.15, 0.2) is 9.92 Å². The lowest BCUT2D eigenvalue weighted by atomic mass is 10.00. The lowest BCUT2D eigenvalue weighted by Gasteiger charge is -2.34. The quantitative estimate of drug-likeness (QED) is 0.344. The molecule has 2 unspecified atom stereocenters. The molecular formula is C24H32F3N5O5S2. The fourth-order valence-electron chi connectivity index (χ4n) is 4.93. The van der Waals surface area contributed by atoms with Crippen LogP contribution < -0.4 is 5.32 Å². The molecule has 0 spiro atoms. The third-order valence-corrected chi connectivity index (χ3v) is 10.8. The largest absolute Gasteiger partial charge is 0.464 e. The second-order valence-electron chi connectivity index (χ2n) is 11.5. The number of halogens is 3. The highest BCUT2D eigenvalue weighted by Gasteiger charge is 2.48. The summed E-state index contributed by atoms with van der Waals surface area (Å²) in [5.74, 6) is -0.401. The molecule has 1 fully saturated rings. The second kappa shape index (κ2) is 9.54. The number of amides is 3. The number of nitrogens with zero attached hydrogens (tertiary/aromatic N) is 3. The summed E-state index contributed by atoms with van der Waals surface area (Å²) in [5, 5.41) is 22.0. The number of anilines is 1. The van der Waals surface area contributed by atoms with Gasteiger partial charge in [0.05, 0.1) is 16.8 Å². The summed E-state index contributed by atoms with van der Waals surface area (Å²) in [5.41, 5.74) is -3.04. The maximum atomic E-state index is 14.0. The number of pyridine rings is 1. The van der Waals surface area contributed by atoms with Gasteiger partial charge in [0.1, 0.15) is 15.3 Å². The van der Waals surface area contributed by atoms with Crippen LogP contribution in [0.3, 0.4) is 0 Å². The van der Waals surface area contributed by atoms with Gasteiger partial charge < -0.3 is 15.5 Å². The number of urea groups is 1. The normalized spacial score (nSPS) is 21.3. The lowest BCUT2D eigenvalue weighted by molar-refractivity contribution is -0.141. The van der Waals surface area contributed by atoms with Crippen LogP contribution in [0.15, 0.2) is 10.4 Å². The van der Waals surface area contributed by atoms with E-state index < -0.39 is 56.3 Å². The zero-order chi connectivity index (χ0) is 29.3. The molecule has 1 aromatic heterocycles. The minimum absolute atomic E-state index is 0.0542. The average molecular weight is 592 g/mol. The van der Waals surface area contributed by atoms with Crippen molar-refractivity contribution in [3.63, 3.8) is 0 Å². The second-order valence-corrected chi connectivity index (χ2v) is 14.7. The molecule has 3 amide bonds. The Morgan fingerprint density at radius 2 is 1.82 bits per heavy atom. The molecule has 0 bridgehead atoms. The zero-order valence-corrected chi connectivity index (χ0v) is 23.8. The Hall–Kier alpha value is -2.52. The number of aromatic nitrogens is 1. The van der Waals surface area contributed by atoms with Crippen molar-refractivity contribution in [3.8, 4) is 0 Å². The molecule has 4 rings (SSSR count). The molecule has 1 saturated carbocycles. The standard InChI is InChI=1S/C24H32F3N5O5S2/c1-22(2,3)32(21(34)35)39(28,37)15-11-31(19(38-15)23(4,5)36)20(33)30-17-13-7-6-8-14(13)29-18(24(25,26)27)16(17)12-9-10-12/h11-12,19,28,36H,6-10H2,1-5H3,(H,34,35)(H,29,30,33). The predicted octanol–water partition coefficient (Wildman–Crippen LogP) is 5.68.